The molecule has 0 N–H and O–H groups in total. The number of fused-ring (bicyclic) bond motifs is 3. The van der Waals surface area contributed by atoms with Crippen molar-refractivity contribution in [1.82, 2.24) is 0 Å². The number of carbonyl (C=O) groups excluding carboxylic acids is 1. The van der Waals surface area contributed by atoms with Crippen LogP contribution in [0.3, 0.4) is 0 Å². The molecule has 3 aromatic carbocycles. The number of ether oxygens (including phenoxy) is 2. The average Bonchev–Trinajstić information content (AvgIpc) is 3.15. The molecule has 0 saturated carbocycles. The Kier molecular flexibility index (Phi) is 6.47. The number of carbonyl (C=O) groups is 1. The third kappa shape index (κ3) is 4.34. The molecule has 4 rings (SSSR count). The van der Waals surface area contributed by atoms with Gasteiger partial charge < -0.3 is 9.47 Å². The Bertz CT molecular complexity index is 1200. The van der Waals surface area contributed by atoms with Crippen LogP contribution < -0.4 is 4.74 Å². The lowest BCUT2D eigenvalue weighted by Crippen LogP contribution is -2.13. The minimum atomic E-state index is -0.627. The third-order valence-corrected chi connectivity index (χ3v) is 5.34. The van der Waals surface area contributed by atoms with E-state index in [4.69, 9.17) is 21.1 Å². The average molecular weight is 445 g/mol. The fourth-order valence-electron chi connectivity index (χ4n) is 3.52. The van der Waals surface area contributed by atoms with Crippen molar-refractivity contribution >= 4 is 34.0 Å². The number of hydrogen-bond acceptors (Lipinski definition) is 5. The minimum absolute atomic E-state index is 0.000692. The van der Waals surface area contributed by atoms with E-state index in [2.05, 4.69) is 10.2 Å². The van der Waals surface area contributed by atoms with Crippen LogP contribution in [0.15, 0.2) is 89.1 Å². The molecule has 1 aliphatic carbocycles. The Hall–Kier alpha value is -3.70. The molecule has 0 spiro atoms. The molecule has 0 aromatic heterocycles. The first-order valence-corrected chi connectivity index (χ1v) is 10.5. The van der Waals surface area contributed by atoms with Crippen molar-refractivity contribution in [2.45, 2.75) is 6.92 Å². The quantitative estimate of drug-likeness (QED) is 0.217. The van der Waals surface area contributed by atoms with Crippen LogP contribution in [-0.2, 0) is 9.53 Å². The van der Waals surface area contributed by atoms with E-state index in [1.165, 1.54) is 13.2 Å². The van der Waals surface area contributed by atoms with Gasteiger partial charge in [-0.3, -0.25) is 0 Å². The van der Waals surface area contributed by atoms with E-state index in [1.54, 1.807) is 0 Å². The topological polar surface area (TPSA) is 60.2 Å². The molecule has 32 heavy (non-hydrogen) atoms. The van der Waals surface area contributed by atoms with Gasteiger partial charge in [0.25, 0.3) is 0 Å². The van der Waals surface area contributed by atoms with Crippen LogP contribution in [0.2, 0.25) is 0 Å². The Labute approximate surface area is 191 Å². The highest BCUT2D eigenvalue weighted by molar-refractivity contribution is 6.54. The molecule has 0 heterocycles. The van der Waals surface area contributed by atoms with E-state index < -0.39 is 5.97 Å². The van der Waals surface area contributed by atoms with Crippen LogP contribution in [0.4, 0.5) is 0 Å². The van der Waals surface area contributed by atoms with Gasteiger partial charge in [-0.1, -0.05) is 60.1 Å². The molecule has 1 aliphatic rings. The lowest BCUT2D eigenvalue weighted by atomic mass is 10.1. The molecule has 0 amide bonds. The number of rotatable bonds is 6. The van der Waals surface area contributed by atoms with Gasteiger partial charge >= 0.3 is 5.97 Å². The van der Waals surface area contributed by atoms with Gasteiger partial charge in [-0.2, -0.15) is 0 Å². The van der Waals surface area contributed by atoms with Crippen molar-refractivity contribution < 1.29 is 14.3 Å². The second-order valence-electron chi connectivity index (χ2n) is 6.97. The smallest absolute Gasteiger partial charge is 0.358 e. The summed E-state index contributed by atoms with van der Waals surface area (Å²) in [5.74, 6) is 0.116. The molecule has 0 unspecified atom stereocenters. The highest BCUT2D eigenvalue weighted by Crippen LogP contribution is 2.36. The van der Waals surface area contributed by atoms with Crippen LogP contribution in [0.25, 0.3) is 16.2 Å². The van der Waals surface area contributed by atoms with Crippen LogP contribution in [0, 0.1) is 0 Å². The zero-order valence-electron chi connectivity index (χ0n) is 17.7. The summed E-state index contributed by atoms with van der Waals surface area (Å²) in [7, 11) is 1.30. The molecular formula is C26H21ClN2O3. The van der Waals surface area contributed by atoms with Gasteiger partial charge in [-0.05, 0) is 54.0 Å². The van der Waals surface area contributed by atoms with Gasteiger partial charge in [0.1, 0.15) is 11.5 Å². The normalized spacial score (nSPS) is 12.8. The van der Waals surface area contributed by atoms with E-state index in [0.29, 0.717) is 17.4 Å². The molecule has 0 aliphatic heterocycles. The van der Waals surface area contributed by atoms with E-state index in [9.17, 15) is 4.79 Å². The molecular weight excluding hydrogens is 424 g/mol. The number of methoxy groups -OCH3 is 1. The molecule has 3 aromatic rings. The van der Waals surface area contributed by atoms with E-state index >= 15 is 0 Å². The number of esters is 1. The van der Waals surface area contributed by atoms with Crippen LogP contribution >= 0.6 is 11.6 Å². The highest BCUT2D eigenvalue weighted by atomic mass is 35.5. The van der Waals surface area contributed by atoms with Gasteiger partial charge in [-0.15, -0.1) is 10.2 Å². The van der Waals surface area contributed by atoms with Crippen molar-refractivity contribution in [3.63, 3.8) is 0 Å². The van der Waals surface area contributed by atoms with Crippen molar-refractivity contribution in [1.29, 1.82) is 0 Å². The molecule has 5 nitrogen and oxygen atoms in total. The summed E-state index contributed by atoms with van der Waals surface area (Å²) >= 11 is 6.47. The fourth-order valence-corrected chi connectivity index (χ4v) is 3.75. The Morgan fingerprint density at radius 1 is 0.906 bits per heavy atom. The Balaban J connectivity index is 1.73. The molecule has 0 atom stereocenters. The zero-order valence-corrected chi connectivity index (χ0v) is 18.5. The first-order chi connectivity index (χ1) is 15.6. The maximum absolute atomic E-state index is 12.4. The summed E-state index contributed by atoms with van der Waals surface area (Å²) in [5.41, 5.74) is 5.51. The summed E-state index contributed by atoms with van der Waals surface area (Å²) in [6.45, 7) is 2.50. The second-order valence-corrected chi connectivity index (χ2v) is 7.37. The molecule has 0 saturated heterocycles. The van der Waals surface area contributed by atoms with Gasteiger partial charge in [0.05, 0.1) is 18.7 Å². The number of hydrogen-bond donors (Lipinski definition) is 0. The number of benzene rings is 3. The highest BCUT2D eigenvalue weighted by Gasteiger charge is 2.24. The molecule has 0 radical (unpaired) electrons. The fraction of sp³-hybridized carbons (Fsp3) is 0.115. The van der Waals surface area contributed by atoms with Crippen molar-refractivity contribution in [3.8, 4) is 16.9 Å². The summed E-state index contributed by atoms with van der Waals surface area (Å²) in [6, 6.07) is 23.2. The molecule has 0 bridgehead atoms. The van der Waals surface area contributed by atoms with Gasteiger partial charge in [0.2, 0.25) is 0 Å². The van der Waals surface area contributed by atoms with E-state index in [-0.39, 0.29) is 5.71 Å². The minimum Gasteiger partial charge on any atom is -0.494 e. The lowest BCUT2D eigenvalue weighted by molar-refractivity contribution is -0.132. The van der Waals surface area contributed by atoms with Crippen molar-refractivity contribution in [2.24, 2.45) is 10.2 Å². The van der Waals surface area contributed by atoms with E-state index in [0.717, 1.165) is 33.6 Å². The SMILES string of the molecule is CCOc1ccc(C(Cl)=CC(=NN=C2c3ccccc3-c3ccccc32)C(=O)OC)cc1. The maximum Gasteiger partial charge on any atom is 0.358 e. The standard InChI is InChI=1S/C26H21ClN2O3/c1-3-32-18-14-12-17(13-15-18)23(27)16-24(26(30)31-2)28-29-25-21-10-6-4-8-19(21)20-9-5-7-11-22(20)25/h4-16H,3H2,1-2H3. The maximum atomic E-state index is 12.4. The summed E-state index contributed by atoms with van der Waals surface area (Å²) in [6.07, 6.45) is 1.46. The van der Waals surface area contributed by atoms with E-state index in [1.807, 2.05) is 79.7 Å². The van der Waals surface area contributed by atoms with Gasteiger partial charge in [0.15, 0.2) is 5.71 Å². The monoisotopic (exact) mass is 444 g/mol. The molecule has 0 fully saturated rings. The lowest BCUT2D eigenvalue weighted by Gasteiger charge is -2.05. The summed E-state index contributed by atoms with van der Waals surface area (Å²) < 4.78 is 10.3. The van der Waals surface area contributed by atoms with Crippen LogP contribution in [-0.4, -0.2) is 31.1 Å². The molecule has 160 valence electrons. The predicted molar refractivity (Wildman–Crippen MR) is 128 cm³/mol. The van der Waals surface area contributed by atoms with Gasteiger partial charge in [0, 0.05) is 11.1 Å². The van der Waals surface area contributed by atoms with Crippen LogP contribution in [0.5, 0.6) is 5.75 Å². The number of nitrogens with zero attached hydrogens (tertiary/aromatic N) is 2. The zero-order chi connectivity index (χ0) is 22.5. The third-order valence-electron chi connectivity index (χ3n) is 5.01. The van der Waals surface area contributed by atoms with Crippen molar-refractivity contribution in [3.05, 3.63) is 95.6 Å². The predicted octanol–water partition coefficient (Wildman–Crippen LogP) is 5.71. The van der Waals surface area contributed by atoms with Crippen LogP contribution in [0.1, 0.15) is 23.6 Å². The first-order valence-electron chi connectivity index (χ1n) is 10.2. The Morgan fingerprint density at radius 3 is 2.00 bits per heavy atom. The van der Waals surface area contributed by atoms with Crippen molar-refractivity contribution in [2.75, 3.05) is 13.7 Å². The second kappa shape index (κ2) is 9.62. The summed E-state index contributed by atoms with van der Waals surface area (Å²) in [4.78, 5) is 12.4. The van der Waals surface area contributed by atoms with Gasteiger partial charge in [-0.25, -0.2) is 4.79 Å². The molecule has 6 heteroatoms. The number of halogens is 1. The first kappa shape index (κ1) is 21.5. The Morgan fingerprint density at radius 2 is 1.47 bits per heavy atom. The summed E-state index contributed by atoms with van der Waals surface area (Å²) in [5, 5.41) is 9.01. The largest absolute Gasteiger partial charge is 0.494 e.